The predicted octanol–water partition coefficient (Wildman–Crippen LogP) is 4.77. The van der Waals surface area contributed by atoms with Gasteiger partial charge in [0.1, 0.15) is 0 Å². The van der Waals surface area contributed by atoms with Crippen LogP contribution >= 0.6 is 0 Å². The first-order chi connectivity index (χ1) is 13.3. The lowest BCUT2D eigenvalue weighted by Crippen LogP contribution is -2.51. The Balaban J connectivity index is 1.26. The van der Waals surface area contributed by atoms with Crippen LogP contribution in [0.25, 0.3) is 0 Å². The van der Waals surface area contributed by atoms with Crippen molar-refractivity contribution in [3.05, 3.63) is 71.8 Å². The second-order valence-electron chi connectivity index (χ2n) is 8.28. The van der Waals surface area contributed by atoms with E-state index in [4.69, 9.17) is 0 Å². The summed E-state index contributed by atoms with van der Waals surface area (Å²) in [5.74, 6) is 0.693. The fourth-order valence-corrected chi connectivity index (χ4v) is 4.61. The Bertz CT molecular complexity index is 731. The summed E-state index contributed by atoms with van der Waals surface area (Å²) in [6.45, 7) is 2.52. The summed E-state index contributed by atoms with van der Waals surface area (Å²) >= 11 is 0. The molecule has 1 saturated heterocycles. The quantitative estimate of drug-likeness (QED) is 0.816. The lowest BCUT2D eigenvalue weighted by molar-refractivity contribution is 0.161. The molecule has 1 aliphatic carbocycles. The molecule has 2 aromatic rings. The molecule has 0 unspecified atom stereocenters. The van der Waals surface area contributed by atoms with Gasteiger partial charge in [0.25, 0.3) is 0 Å². The highest BCUT2D eigenvalue weighted by Gasteiger charge is 2.39. The fraction of sp³-hybridized carbons (Fsp3) is 0.458. The highest BCUT2D eigenvalue weighted by atomic mass is 16.2. The number of hydrogen-bond donors (Lipinski definition) is 1. The van der Waals surface area contributed by atoms with Gasteiger partial charge in [0.15, 0.2) is 0 Å². The van der Waals surface area contributed by atoms with Crippen LogP contribution in [-0.4, -0.2) is 30.6 Å². The van der Waals surface area contributed by atoms with Gasteiger partial charge in [-0.05, 0) is 49.1 Å². The standard InChI is InChI=1S/C24H30N2O/c27-23(25-19-24(14-7-15-24)22-10-5-2-6-11-22)26-16-12-21(13-17-26)18-20-8-3-1-4-9-20/h1-6,8-11,21H,7,12-19H2,(H,25,27). The van der Waals surface area contributed by atoms with Gasteiger partial charge >= 0.3 is 6.03 Å². The molecule has 3 nitrogen and oxygen atoms in total. The van der Waals surface area contributed by atoms with Crippen molar-refractivity contribution in [2.45, 2.75) is 43.9 Å². The van der Waals surface area contributed by atoms with E-state index in [9.17, 15) is 4.79 Å². The van der Waals surface area contributed by atoms with E-state index in [1.807, 2.05) is 4.90 Å². The van der Waals surface area contributed by atoms with Gasteiger partial charge in [0.05, 0.1) is 0 Å². The normalized spacial score (nSPS) is 19.3. The van der Waals surface area contributed by atoms with Crippen molar-refractivity contribution in [3.8, 4) is 0 Å². The molecule has 0 spiro atoms. The smallest absolute Gasteiger partial charge is 0.317 e. The van der Waals surface area contributed by atoms with Crippen LogP contribution in [0.2, 0.25) is 0 Å². The average Bonchev–Trinajstić information content (AvgIpc) is 2.69. The minimum atomic E-state index is 0.121. The molecule has 2 aliphatic rings. The molecule has 0 aromatic heterocycles. The van der Waals surface area contributed by atoms with Gasteiger partial charge in [0, 0.05) is 25.0 Å². The molecular formula is C24H30N2O. The van der Waals surface area contributed by atoms with Gasteiger partial charge < -0.3 is 10.2 Å². The molecule has 4 rings (SSSR count). The number of nitrogens with zero attached hydrogens (tertiary/aromatic N) is 1. The third-order valence-electron chi connectivity index (χ3n) is 6.54. The zero-order chi connectivity index (χ0) is 18.5. The Morgan fingerprint density at radius 2 is 1.59 bits per heavy atom. The first kappa shape index (κ1) is 18.1. The van der Waals surface area contributed by atoms with Crippen molar-refractivity contribution >= 4 is 6.03 Å². The van der Waals surface area contributed by atoms with Gasteiger partial charge in [-0.25, -0.2) is 4.79 Å². The van der Waals surface area contributed by atoms with Crippen LogP contribution in [0.15, 0.2) is 60.7 Å². The van der Waals surface area contributed by atoms with Gasteiger partial charge in [-0.15, -0.1) is 0 Å². The Labute approximate surface area is 162 Å². The van der Waals surface area contributed by atoms with E-state index in [1.54, 1.807) is 0 Å². The largest absolute Gasteiger partial charge is 0.337 e. The van der Waals surface area contributed by atoms with E-state index in [2.05, 4.69) is 66.0 Å². The molecule has 142 valence electrons. The minimum Gasteiger partial charge on any atom is -0.337 e. The lowest BCUT2D eigenvalue weighted by Gasteiger charge is -2.43. The van der Waals surface area contributed by atoms with Crippen molar-refractivity contribution in [3.63, 3.8) is 0 Å². The van der Waals surface area contributed by atoms with Gasteiger partial charge in [-0.2, -0.15) is 0 Å². The SMILES string of the molecule is O=C(NCC1(c2ccccc2)CCC1)N1CCC(Cc2ccccc2)CC1. The number of likely N-dealkylation sites (tertiary alicyclic amines) is 1. The number of urea groups is 1. The molecule has 0 radical (unpaired) electrons. The van der Waals surface area contributed by atoms with Gasteiger partial charge in [-0.3, -0.25) is 0 Å². The highest BCUT2D eigenvalue weighted by molar-refractivity contribution is 5.74. The number of hydrogen-bond acceptors (Lipinski definition) is 1. The molecule has 1 N–H and O–H groups in total. The van der Waals surface area contributed by atoms with Crippen molar-refractivity contribution in [2.24, 2.45) is 5.92 Å². The average molecular weight is 363 g/mol. The Kier molecular flexibility index (Phi) is 5.47. The van der Waals surface area contributed by atoms with Gasteiger partial charge in [-0.1, -0.05) is 67.1 Å². The Morgan fingerprint density at radius 1 is 0.963 bits per heavy atom. The molecule has 3 heteroatoms. The molecule has 1 saturated carbocycles. The van der Waals surface area contributed by atoms with E-state index in [0.29, 0.717) is 5.92 Å². The van der Waals surface area contributed by atoms with Crippen LogP contribution in [0.3, 0.4) is 0 Å². The molecule has 0 bridgehead atoms. The maximum absolute atomic E-state index is 12.7. The summed E-state index contributed by atoms with van der Waals surface area (Å²) in [4.78, 5) is 14.7. The zero-order valence-corrected chi connectivity index (χ0v) is 16.1. The number of carbonyl (C=O) groups excluding carboxylic acids is 1. The van der Waals surface area contributed by atoms with Crippen molar-refractivity contribution < 1.29 is 4.79 Å². The third kappa shape index (κ3) is 4.18. The second-order valence-corrected chi connectivity index (χ2v) is 8.28. The number of carbonyl (C=O) groups is 1. The zero-order valence-electron chi connectivity index (χ0n) is 16.1. The number of nitrogens with one attached hydrogen (secondary N) is 1. The monoisotopic (exact) mass is 362 g/mol. The number of rotatable bonds is 5. The second kappa shape index (κ2) is 8.16. The van der Waals surface area contributed by atoms with Crippen molar-refractivity contribution in [2.75, 3.05) is 19.6 Å². The first-order valence-corrected chi connectivity index (χ1v) is 10.4. The van der Waals surface area contributed by atoms with Crippen LogP contribution in [-0.2, 0) is 11.8 Å². The van der Waals surface area contributed by atoms with Crippen LogP contribution in [0.4, 0.5) is 4.79 Å². The summed E-state index contributed by atoms with van der Waals surface area (Å²) in [6, 6.07) is 21.5. The Morgan fingerprint density at radius 3 is 2.19 bits per heavy atom. The van der Waals surface area contributed by atoms with Crippen molar-refractivity contribution in [1.82, 2.24) is 10.2 Å². The summed E-state index contributed by atoms with van der Waals surface area (Å²) in [5.41, 5.74) is 2.94. The molecule has 27 heavy (non-hydrogen) atoms. The van der Waals surface area contributed by atoms with E-state index in [1.165, 1.54) is 30.4 Å². The van der Waals surface area contributed by atoms with Crippen LogP contribution in [0.5, 0.6) is 0 Å². The number of benzene rings is 2. The van der Waals surface area contributed by atoms with E-state index < -0.39 is 0 Å². The molecule has 2 amide bonds. The summed E-state index contributed by atoms with van der Waals surface area (Å²) in [7, 11) is 0. The number of piperidine rings is 1. The molecular weight excluding hydrogens is 332 g/mol. The summed E-state index contributed by atoms with van der Waals surface area (Å²) < 4.78 is 0. The summed E-state index contributed by atoms with van der Waals surface area (Å²) in [5, 5.41) is 3.25. The first-order valence-electron chi connectivity index (χ1n) is 10.4. The number of amides is 2. The minimum absolute atomic E-state index is 0.121. The van der Waals surface area contributed by atoms with Crippen molar-refractivity contribution in [1.29, 1.82) is 0 Å². The van der Waals surface area contributed by atoms with Crippen LogP contribution in [0, 0.1) is 5.92 Å². The van der Waals surface area contributed by atoms with E-state index in [0.717, 1.165) is 38.9 Å². The molecule has 2 fully saturated rings. The fourth-order valence-electron chi connectivity index (χ4n) is 4.61. The van der Waals surface area contributed by atoms with Crippen LogP contribution < -0.4 is 5.32 Å². The summed E-state index contributed by atoms with van der Waals surface area (Å²) in [6.07, 6.45) is 6.95. The maximum atomic E-state index is 12.7. The lowest BCUT2D eigenvalue weighted by atomic mass is 9.64. The molecule has 1 aliphatic heterocycles. The molecule has 1 heterocycles. The topological polar surface area (TPSA) is 32.3 Å². The van der Waals surface area contributed by atoms with Gasteiger partial charge in [0.2, 0.25) is 0 Å². The van der Waals surface area contributed by atoms with Crippen LogP contribution in [0.1, 0.15) is 43.2 Å². The predicted molar refractivity (Wildman–Crippen MR) is 110 cm³/mol. The van der Waals surface area contributed by atoms with E-state index >= 15 is 0 Å². The third-order valence-corrected chi connectivity index (χ3v) is 6.54. The molecule has 0 atom stereocenters. The molecule has 2 aromatic carbocycles. The Hall–Kier alpha value is -2.29. The maximum Gasteiger partial charge on any atom is 0.317 e. The van der Waals surface area contributed by atoms with E-state index in [-0.39, 0.29) is 11.4 Å². The highest BCUT2D eigenvalue weighted by Crippen LogP contribution is 2.43.